The molecule has 0 aromatic heterocycles. The molecular weight excluding hydrogens is 272 g/mol. The Hall–Kier alpha value is -1.82. The molecule has 0 spiro atoms. The van der Waals surface area contributed by atoms with Crippen LogP contribution in [0.1, 0.15) is 69.5 Å². The van der Waals surface area contributed by atoms with Crippen LogP contribution in [0.15, 0.2) is 24.3 Å². The standard InChI is InChI=1S/C19H24N2O/c1-18(2)12-9-16(14-7-3-4-8-15(14)18)21-17(22)19(13-20)10-5-6-11-19/h3-4,7-8,16H,5-6,9-12H2,1-2H3,(H,21,22). The topological polar surface area (TPSA) is 52.9 Å². The first-order chi connectivity index (χ1) is 10.5. The number of carbonyl (C=O) groups is 1. The van der Waals surface area contributed by atoms with E-state index >= 15 is 0 Å². The minimum absolute atomic E-state index is 0.0440. The highest BCUT2D eigenvalue weighted by molar-refractivity contribution is 5.86. The Morgan fingerprint density at radius 3 is 2.59 bits per heavy atom. The van der Waals surface area contributed by atoms with Crippen molar-refractivity contribution in [3.63, 3.8) is 0 Å². The van der Waals surface area contributed by atoms with Gasteiger partial charge in [0.1, 0.15) is 5.41 Å². The molecule has 2 aliphatic carbocycles. The summed E-state index contributed by atoms with van der Waals surface area (Å²) >= 11 is 0. The van der Waals surface area contributed by atoms with Crippen molar-refractivity contribution in [2.75, 3.05) is 0 Å². The monoisotopic (exact) mass is 296 g/mol. The maximum Gasteiger partial charge on any atom is 0.240 e. The SMILES string of the molecule is CC1(C)CCC(NC(=O)C2(C#N)CCCC2)c2ccccc21. The summed E-state index contributed by atoms with van der Waals surface area (Å²) in [6.45, 7) is 4.52. The molecule has 3 nitrogen and oxygen atoms in total. The molecule has 1 aromatic carbocycles. The molecule has 1 amide bonds. The third-order valence-electron chi connectivity index (χ3n) is 5.53. The van der Waals surface area contributed by atoms with E-state index in [0.717, 1.165) is 25.7 Å². The number of rotatable bonds is 2. The van der Waals surface area contributed by atoms with Gasteiger partial charge in [0, 0.05) is 0 Å². The molecule has 3 rings (SSSR count). The normalized spacial score (nSPS) is 25.0. The Balaban J connectivity index is 1.85. The smallest absolute Gasteiger partial charge is 0.240 e. The molecule has 1 N–H and O–H groups in total. The Kier molecular flexibility index (Phi) is 3.72. The molecule has 1 fully saturated rings. The molecule has 22 heavy (non-hydrogen) atoms. The van der Waals surface area contributed by atoms with Gasteiger partial charge in [0.05, 0.1) is 12.1 Å². The lowest BCUT2D eigenvalue weighted by Crippen LogP contribution is -2.42. The molecule has 1 unspecified atom stereocenters. The van der Waals surface area contributed by atoms with Crippen molar-refractivity contribution in [2.45, 2.75) is 63.8 Å². The molecule has 116 valence electrons. The van der Waals surface area contributed by atoms with Gasteiger partial charge >= 0.3 is 0 Å². The van der Waals surface area contributed by atoms with E-state index in [9.17, 15) is 10.1 Å². The van der Waals surface area contributed by atoms with Crippen LogP contribution >= 0.6 is 0 Å². The van der Waals surface area contributed by atoms with Gasteiger partial charge in [-0.25, -0.2) is 0 Å². The lowest BCUT2D eigenvalue weighted by Gasteiger charge is -2.38. The van der Waals surface area contributed by atoms with Crippen LogP contribution in [-0.4, -0.2) is 5.91 Å². The second-order valence-electron chi connectivity index (χ2n) is 7.44. The molecule has 0 radical (unpaired) electrons. The fourth-order valence-electron chi connectivity index (χ4n) is 4.03. The Bertz CT molecular complexity index is 621. The molecule has 3 heteroatoms. The van der Waals surface area contributed by atoms with Gasteiger partial charge in [0.25, 0.3) is 0 Å². The van der Waals surface area contributed by atoms with Crippen molar-refractivity contribution < 1.29 is 4.79 Å². The Morgan fingerprint density at radius 2 is 1.91 bits per heavy atom. The number of nitrogens with one attached hydrogen (secondary N) is 1. The van der Waals surface area contributed by atoms with Crippen molar-refractivity contribution in [1.82, 2.24) is 5.32 Å². The predicted molar refractivity (Wildman–Crippen MR) is 86.1 cm³/mol. The first-order valence-electron chi connectivity index (χ1n) is 8.30. The first-order valence-corrected chi connectivity index (χ1v) is 8.30. The summed E-state index contributed by atoms with van der Waals surface area (Å²) in [4.78, 5) is 12.7. The van der Waals surface area contributed by atoms with Crippen LogP contribution in [0.5, 0.6) is 0 Å². The number of nitrogens with zero attached hydrogens (tertiary/aromatic N) is 1. The minimum Gasteiger partial charge on any atom is -0.348 e. The third kappa shape index (κ3) is 2.41. The molecule has 0 heterocycles. The average molecular weight is 296 g/mol. The zero-order valence-electron chi connectivity index (χ0n) is 13.5. The van der Waals surface area contributed by atoms with E-state index in [2.05, 4.69) is 43.4 Å². The van der Waals surface area contributed by atoms with Gasteiger partial charge in [-0.15, -0.1) is 0 Å². The van der Waals surface area contributed by atoms with Crippen molar-refractivity contribution in [3.8, 4) is 6.07 Å². The van der Waals surface area contributed by atoms with Crippen molar-refractivity contribution in [3.05, 3.63) is 35.4 Å². The van der Waals surface area contributed by atoms with Gasteiger partial charge in [-0.3, -0.25) is 4.79 Å². The third-order valence-corrected chi connectivity index (χ3v) is 5.53. The number of nitriles is 1. The van der Waals surface area contributed by atoms with Crippen LogP contribution in [-0.2, 0) is 10.2 Å². The number of carbonyl (C=O) groups excluding carboxylic acids is 1. The summed E-state index contributed by atoms with van der Waals surface area (Å²) in [5, 5.41) is 12.7. The second-order valence-corrected chi connectivity index (χ2v) is 7.44. The number of fused-ring (bicyclic) bond motifs is 1. The molecule has 1 atom stereocenters. The molecule has 2 aliphatic rings. The fourth-order valence-corrected chi connectivity index (χ4v) is 4.03. The van der Waals surface area contributed by atoms with E-state index in [-0.39, 0.29) is 17.4 Å². The van der Waals surface area contributed by atoms with E-state index in [4.69, 9.17) is 0 Å². The summed E-state index contributed by atoms with van der Waals surface area (Å²) in [5.74, 6) is -0.0630. The number of hydrogen-bond acceptors (Lipinski definition) is 2. The van der Waals surface area contributed by atoms with E-state index in [1.165, 1.54) is 11.1 Å². The number of amides is 1. The largest absolute Gasteiger partial charge is 0.348 e. The Morgan fingerprint density at radius 1 is 1.23 bits per heavy atom. The average Bonchev–Trinajstić information content (AvgIpc) is 3.01. The highest BCUT2D eigenvalue weighted by atomic mass is 16.2. The molecule has 0 aliphatic heterocycles. The van der Waals surface area contributed by atoms with E-state index < -0.39 is 5.41 Å². The summed E-state index contributed by atoms with van der Waals surface area (Å²) < 4.78 is 0. The van der Waals surface area contributed by atoms with Gasteiger partial charge < -0.3 is 5.32 Å². The highest BCUT2D eigenvalue weighted by Crippen LogP contribution is 2.43. The van der Waals surface area contributed by atoms with Crippen molar-refractivity contribution in [2.24, 2.45) is 5.41 Å². The second kappa shape index (κ2) is 5.43. The quantitative estimate of drug-likeness (QED) is 0.896. The number of benzene rings is 1. The number of hydrogen-bond donors (Lipinski definition) is 1. The zero-order chi connectivity index (χ0) is 15.8. The van der Waals surface area contributed by atoms with Crippen LogP contribution in [0.4, 0.5) is 0 Å². The lowest BCUT2D eigenvalue weighted by atomic mass is 9.71. The highest BCUT2D eigenvalue weighted by Gasteiger charge is 2.43. The molecule has 0 bridgehead atoms. The van der Waals surface area contributed by atoms with Crippen molar-refractivity contribution in [1.29, 1.82) is 5.26 Å². The minimum atomic E-state index is -0.790. The van der Waals surface area contributed by atoms with Gasteiger partial charge in [0.15, 0.2) is 0 Å². The zero-order valence-corrected chi connectivity index (χ0v) is 13.5. The maximum absolute atomic E-state index is 12.7. The summed E-state index contributed by atoms with van der Waals surface area (Å²) in [5.41, 5.74) is 1.90. The molecule has 1 aromatic rings. The fraction of sp³-hybridized carbons (Fsp3) is 0.579. The Labute approximate surface area is 132 Å². The van der Waals surface area contributed by atoms with E-state index in [1.54, 1.807) is 0 Å². The van der Waals surface area contributed by atoms with Crippen LogP contribution < -0.4 is 5.32 Å². The van der Waals surface area contributed by atoms with Gasteiger partial charge in [-0.2, -0.15) is 5.26 Å². The van der Waals surface area contributed by atoms with Gasteiger partial charge in [0.2, 0.25) is 5.91 Å². The summed E-state index contributed by atoms with van der Waals surface area (Å²) in [7, 11) is 0. The molecule has 0 saturated heterocycles. The van der Waals surface area contributed by atoms with Crippen LogP contribution in [0.25, 0.3) is 0 Å². The maximum atomic E-state index is 12.7. The summed E-state index contributed by atoms with van der Waals surface area (Å²) in [6.07, 6.45) is 5.36. The molecular formula is C19H24N2O. The molecule has 1 saturated carbocycles. The van der Waals surface area contributed by atoms with Crippen LogP contribution in [0.2, 0.25) is 0 Å². The summed E-state index contributed by atoms with van der Waals surface area (Å²) in [6, 6.07) is 10.7. The predicted octanol–water partition coefficient (Wildman–Crippen LogP) is 4.00. The van der Waals surface area contributed by atoms with Crippen molar-refractivity contribution >= 4 is 5.91 Å². The van der Waals surface area contributed by atoms with Gasteiger partial charge in [-0.1, -0.05) is 51.0 Å². The van der Waals surface area contributed by atoms with Crippen LogP contribution in [0.3, 0.4) is 0 Å². The van der Waals surface area contributed by atoms with E-state index in [1.807, 2.05) is 6.07 Å². The lowest BCUT2D eigenvalue weighted by molar-refractivity contribution is -0.128. The van der Waals surface area contributed by atoms with E-state index in [0.29, 0.717) is 12.8 Å². The van der Waals surface area contributed by atoms with Gasteiger partial charge in [-0.05, 0) is 42.2 Å². The first kappa shape index (κ1) is 15.1. The van der Waals surface area contributed by atoms with Crippen LogP contribution in [0, 0.1) is 16.7 Å².